The number of carbonyl (C=O) groups excluding carboxylic acids is 1. The van der Waals surface area contributed by atoms with E-state index in [1.54, 1.807) is 0 Å². The largest absolute Gasteiger partial charge is 0.455 e. The van der Waals surface area contributed by atoms with Gasteiger partial charge in [-0.3, -0.25) is 4.79 Å². The average Bonchev–Trinajstić information content (AvgIpc) is 3.01. The molecule has 1 saturated heterocycles. The molecule has 0 aromatic carbocycles. The van der Waals surface area contributed by atoms with Crippen LogP contribution >= 0.6 is 0 Å². The van der Waals surface area contributed by atoms with E-state index >= 15 is 0 Å². The molecular weight excluding hydrogens is 228 g/mol. The lowest BCUT2D eigenvalue weighted by atomic mass is 9.56. The van der Waals surface area contributed by atoms with E-state index in [0.29, 0.717) is 12.3 Å². The zero-order valence-corrected chi connectivity index (χ0v) is 11.5. The minimum absolute atomic E-state index is 0.0551. The van der Waals surface area contributed by atoms with Gasteiger partial charge in [0, 0.05) is 5.41 Å². The van der Waals surface area contributed by atoms with Crippen molar-refractivity contribution in [1.29, 1.82) is 0 Å². The second-order valence-electron chi connectivity index (χ2n) is 7.78. The molecule has 3 heteroatoms. The van der Waals surface area contributed by atoms with Gasteiger partial charge in [0.1, 0.15) is 11.2 Å². The molecular formula is C15H22O3. The summed E-state index contributed by atoms with van der Waals surface area (Å²) >= 11 is 0. The summed E-state index contributed by atoms with van der Waals surface area (Å²) in [5, 5.41) is 11.3. The summed E-state index contributed by atoms with van der Waals surface area (Å²) in [5.74, 6) is 0.721. The highest BCUT2D eigenvalue weighted by atomic mass is 16.6. The number of ether oxygens (including phenoxy) is 1. The number of aliphatic hydroxyl groups is 1. The minimum Gasteiger partial charge on any atom is -0.455 e. The van der Waals surface area contributed by atoms with Crippen molar-refractivity contribution in [2.45, 2.75) is 64.1 Å². The molecule has 5 unspecified atom stereocenters. The van der Waals surface area contributed by atoms with Gasteiger partial charge in [0.25, 0.3) is 0 Å². The number of esters is 1. The summed E-state index contributed by atoms with van der Waals surface area (Å²) in [7, 11) is 0. The third-order valence-electron chi connectivity index (χ3n) is 6.97. The summed E-state index contributed by atoms with van der Waals surface area (Å²) in [5.41, 5.74) is -1.81. The normalized spacial score (nSPS) is 59.7. The van der Waals surface area contributed by atoms with E-state index in [1.165, 1.54) is 0 Å². The van der Waals surface area contributed by atoms with Crippen molar-refractivity contribution < 1.29 is 14.6 Å². The molecule has 0 aromatic heterocycles. The summed E-state index contributed by atoms with van der Waals surface area (Å²) in [6, 6.07) is 0. The first-order valence-corrected chi connectivity index (χ1v) is 7.23. The Hall–Kier alpha value is -0.570. The van der Waals surface area contributed by atoms with Gasteiger partial charge in [0.2, 0.25) is 0 Å². The Morgan fingerprint density at radius 1 is 1.33 bits per heavy atom. The van der Waals surface area contributed by atoms with Crippen LogP contribution in [0.3, 0.4) is 0 Å². The van der Waals surface area contributed by atoms with Gasteiger partial charge >= 0.3 is 5.97 Å². The molecule has 1 heterocycles. The maximum Gasteiger partial charge on any atom is 0.312 e. The molecule has 1 spiro atoms. The first-order valence-electron chi connectivity index (χ1n) is 7.23. The van der Waals surface area contributed by atoms with Crippen LogP contribution in [0.4, 0.5) is 0 Å². The zero-order valence-electron chi connectivity index (χ0n) is 11.5. The van der Waals surface area contributed by atoms with Crippen molar-refractivity contribution in [1.82, 2.24) is 0 Å². The van der Waals surface area contributed by atoms with Gasteiger partial charge < -0.3 is 9.84 Å². The molecule has 3 nitrogen and oxygen atoms in total. The van der Waals surface area contributed by atoms with E-state index in [4.69, 9.17) is 4.74 Å². The van der Waals surface area contributed by atoms with E-state index in [-0.39, 0.29) is 17.3 Å². The monoisotopic (exact) mass is 250 g/mol. The number of hydrogen-bond donors (Lipinski definition) is 1. The highest BCUT2D eigenvalue weighted by molar-refractivity contribution is 5.80. The third-order valence-corrected chi connectivity index (χ3v) is 6.97. The van der Waals surface area contributed by atoms with Crippen LogP contribution in [0, 0.1) is 22.7 Å². The highest BCUT2D eigenvalue weighted by Crippen LogP contribution is 2.75. The third kappa shape index (κ3) is 0.880. The first-order chi connectivity index (χ1) is 8.28. The zero-order chi connectivity index (χ0) is 13.0. The van der Waals surface area contributed by atoms with Gasteiger partial charge in [0.15, 0.2) is 0 Å². The van der Waals surface area contributed by atoms with E-state index in [9.17, 15) is 9.90 Å². The van der Waals surface area contributed by atoms with Crippen LogP contribution in [-0.4, -0.2) is 22.3 Å². The fourth-order valence-corrected chi connectivity index (χ4v) is 5.67. The van der Waals surface area contributed by atoms with Crippen LogP contribution in [0.15, 0.2) is 0 Å². The summed E-state index contributed by atoms with van der Waals surface area (Å²) in [4.78, 5) is 12.4. The number of hydrogen-bond acceptors (Lipinski definition) is 3. The molecule has 1 aliphatic heterocycles. The fourth-order valence-electron chi connectivity index (χ4n) is 5.67. The lowest BCUT2D eigenvalue weighted by Gasteiger charge is -2.58. The van der Waals surface area contributed by atoms with Crippen LogP contribution in [0.25, 0.3) is 0 Å². The Bertz CT molecular complexity index is 455. The van der Waals surface area contributed by atoms with Gasteiger partial charge in [-0.2, -0.15) is 0 Å². The van der Waals surface area contributed by atoms with E-state index < -0.39 is 16.6 Å². The van der Waals surface area contributed by atoms with Crippen molar-refractivity contribution in [3.05, 3.63) is 0 Å². The lowest BCUT2D eigenvalue weighted by Crippen LogP contribution is -2.69. The molecule has 2 bridgehead atoms. The standard InChI is InChI=1S/C15H22O3/c1-9-6-10-7-12(2)8-15(10,17)13(3,18-11(12)16)14(9)4-5-14/h9-10,17H,4-8H2,1-3H3. The summed E-state index contributed by atoms with van der Waals surface area (Å²) in [6.07, 6.45) is 4.67. The second-order valence-corrected chi connectivity index (χ2v) is 7.78. The van der Waals surface area contributed by atoms with Crippen molar-refractivity contribution in [2.75, 3.05) is 0 Å². The van der Waals surface area contributed by atoms with Crippen molar-refractivity contribution in [3.63, 3.8) is 0 Å². The van der Waals surface area contributed by atoms with Crippen LogP contribution in [-0.2, 0) is 9.53 Å². The summed E-state index contributed by atoms with van der Waals surface area (Å²) in [6.45, 7) is 6.25. The van der Waals surface area contributed by atoms with Crippen molar-refractivity contribution >= 4 is 5.97 Å². The molecule has 1 N–H and O–H groups in total. The van der Waals surface area contributed by atoms with Gasteiger partial charge in [-0.1, -0.05) is 6.92 Å². The first kappa shape index (κ1) is 11.3. The van der Waals surface area contributed by atoms with Gasteiger partial charge in [-0.25, -0.2) is 0 Å². The van der Waals surface area contributed by atoms with Crippen LogP contribution in [0.1, 0.15) is 52.9 Å². The van der Waals surface area contributed by atoms with Gasteiger partial charge in [0.05, 0.1) is 5.41 Å². The topological polar surface area (TPSA) is 46.5 Å². The van der Waals surface area contributed by atoms with Gasteiger partial charge in [-0.15, -0.1) is 0 Å². The molecule has 100 valence electrons. The number of rotatable bonds is 0. The second kappa shape index (κ2) is 2.65. The Balaban J connectivity index is 1.92. The molecule has 18 heavy (non-hydrogen) atoms. The molecule has 3 aliphatic carbocycles. The van der Waals surface area contributed by atoms with Crippen LogP contribution < -0.4 is 0 Å². The van der Waals surface area contributed by atoms with E-state index in [2.05, 4.69) is 6.92 Å². The van der Waals surface area contributed by atoms with E-state index in [0.717, 1.165) is 25.7 Å². The Labute approximate surface area is 108 Å². The van der Waals surface area contributed by atoms with Gasteiger partial charge in [-0.05, 0) is 57.8 Å². The molecule has 5 atom stereocenters. The van der Waals surface area contributed by atoms with Crippen LogP contribution in [0.2, 0.25) is 0 Å². The maximum atomic E-state index is 12.4. The predicted molar refractivity (Wildman–Crippen MR) is 65.7 cm³/mol. The smallest absolute Gasteiger partial charge is 0.312 e. The fraction of sp³-hybridized carbons (Fsp3) is 0.933. The van der Waals surface area contributed by atoms with E-state index in [1.807, 2.05) is 13.8 Å². The SMILES string of the molecule is CC1CC2CC3(C)CC2(O)C(C)(OC3=O)C12CC2. The lowest BCUT2D eigenvalue weighted by molar-refractivity contribution is -0.266. The summed E-state index contributed by atoms with van der Waals surface area (Å²) < 4.78 is 5.90. The predicted octanol–water partition coefficient (Wildman–Crippen LogP) is 2.27. The molecule has 4 rings (SSSR count). The maximum absolute atomic E-state index is 12.4. The number of fused-ring (bicyclic) bond motifs is 2. The van der Waals surface area contributed by atoms with Crippen molar-refractivity contribution in [3.8, 4) is 0 Å². The van der Waals surface area contributed by atoms with Crippen molar-refractivity contribution in [2.24, 2.45) is 22.7 Å². The molecule has 4 aliphatic rings. The molecule has 0 amide bonds. The quantitative estimate of drug-likeness (QED) is 0.671. The number of carbonyl (C=O) groups is 1. The average molecular weight is 250 g/mol. The highest BCUT2D eigenvalue weighted by Gasteiger charge is 2.80. The molecule has 3 saturated carbocycles. The molecule has 4 fully saturated rings. The Morgan fingerprint density at radius 3 is 2.61 bits per heavy atom. The molecule has 0 aromatic rings. The van der Waals surface area contributed by atoms with Crippen LogP contribution in [0.5, 0.6) is 0 Å². The molecule has 0 radical (unpaired) electrons. The Morgan fingerprint density at radius 2 is 2.00 bits per heavy atom. The minimum atomic E-state index is -0.779. The Kier molecular flexibility index (Phi) is 1.66.